The van der Waals surface area contributed by atoms with Crippen molar-refractivity contribution in [2.75, 3.05) is 13.1 Å². The minimum Gasteiger partial charge on any atom is -0.488 e. The Kier molecular flexibility index (Phi) is 5.37. The second-order valence-corrected chi connectivity index (χ2v) is 7.39. The molecule has 3 aromatic heterocycles. The molecule has 31 heavy (non-hydrogen) atoms. The molecule has 0 radical (unpaired) electrons. The molecule has 0 amide bonds. The number of para-hydroxylation sites is 1. The van der Waals surface area contributed by atoms with Crippen molar-refractivity contribution in [1.82, 2.24) is 25.0 Å². The van der Waals surface area contributed by atoms with Gasteiger partial charge in [-0.05, 0) is 36.8 Å². The van der Waals surface area contributed by atoms with Gasteiger partial charge in [-0.25, -0.2) is 4.39 Å². The van der Waals surface area contributed by atoms with Crippen LogP contribution in [0.2, 0.25) is 0 Å². The van der Waals surface area contributed by atoms with E-state index < -0.39 is 0 Å². The molecule has 0 bridgehead atoms. The highest BCUT2D eigenvalue weighted by Crippen LogP contribution is 2.32. The summed E-state index contributed by atoms with van der Waals surface area (Å²) in [6.07, 6.45) is 7.09. The molecular weight excluding hydrogens is 397 g/mol. The second-order valence-electron chi connectivity index (χ2n) is 7.39. The summed E-state index contributed by atoms with van der Waals surface area (Å²) in [5.74, 6) is 1.31. The molecule has 1 aromatic carbocycles. The molecule has 0 spiro atoms. The summed E-state index contributed by atoms with van der Waals surface area (Å²) >= 11 is 0. The van der Waals surface area contributed by atoms with Crippen LogP contribution in [0.4, 0.5) is 4.39 Å². The van der Waals surface area contributed by atoms with Gasteiger partial charge in [0, 0.05) is 49.4 Å². The van der Waals surface area contributed by atoms with Crippen molar-refractivity contribution in [3.8, 4) is 28.6 Å². The van der Waals surface area contributed by atoms with Crippen LogP contribution in [0.25, 0.3) is 22.8 Å². The number of hydrogen-bond donors (Lipinski definition) is 0. The topological polar surface area (TPSA) is 77.2 Å². The van der Waals surface area contributed by atoms with Crippen molar-refractivity contribution in [3.63, 3.8) is 0 Å². The van der Waals surface area contributed by atoms with Crippen molar-refractivity contribution in [3.05, 3.63) is 78.6 Å². The van der Waals surface area contributed by atoms with E-state index in [1.165, 1.54) is 6.20 Å². The molecule has 1 unspecified atom stereocenters. The number of hydrogen-bond acceptors (Lipinski definition) is 7. The molecule has 4 heterocycles. The third-order valence-electron chi connectivity index (χ3n) is 5.26. The van der Waals surface area contributed by atoms with Crippen LogP contribution in [0.5, 0.6) is 5.75 Å². The summed E-state index contributed by atoms with van der Waals surface area (Å²) in [5, 5.41) is 4.08. The number of likely N-dealkylation sites (tertiary alicyclic amines) is 1. The fourth-order valence-corrected chi connectivity index (χ4v) is 3.69. The van der Waals surface area contributed by atoms with Crippen LogP contribution >= 0.6 is 0 Å². The molecule has 8 heteroatoms. The summed E-state index contributed by atoms with van der Waals surface area (Å²) in [6.45, 7) is 2.08. The highest BCUT2D eigenvalue weighted by Gasteiger charge is 2.26. The van der Waals surface area contributed by atoms with Crippen LogP contribution in [-0.4, -0.2) is 44.2 Å². The molecular formula is C23H20FN5O2. The molecule has 4 aromatic rings. The number of ether oxygens (including phenoxy) is 1. The first-order valence-electron chi connectivity index (χ1n) is 10.1. The van der Waals surface area contributed by atoms with E-state index in [4.69, 9.17) is 9.26 Å². The third kappa shape index (κ3) is 4.29. The number of aromatic nitrogens is 4. The minimum atomic E-state index is -0.279. The molecule has 7 nitrogen and oxygen atoms in total. The first-order valence-corrected chi connectivity index (χ1v) is 10.1. The van der Waals surface area contributed by atoms with Gasteiger partial charge in [-0.1, -0.05) is 17.3 Å². The Morgan fingerprint density at radius 2 is 1.90 bits per heavy atom. The minimum absolute atomic E-state index is 0.00589. The quantitative estimate of drug-likeness (QED) is 0.469. The summed E-state index contributed by atoms with van der Waals surface area (Å²) in [6, 6.07) is 13.0. The first kappa shape index (κ1) is 19.3. The molecule has 0 aliphatic carbocycles. The van der Waals surface area contributed by atoms with E-state index in [0.717, 1.165) is 24.1 Å². The molecule has 156 valence electrons. The lowest BCUT2D eigenvalue weighted by Gasteiger charge is -2.18. The van der Waals surface area contributed by atoms with Crippen LogP contribution in [0.1, 0.15) is 12.0 Å². The van der Waals surface area contributed by atoms with E-state index in [2.05, 4.69) is 25.0 Å². The van der Waals surface area contributed by atoms with Crippen LogP contribution in [0, 0.1) is 5.82 Å². The number of rotatable bonds is 6. The summed E-state index contributed by atoms with van der Waals surface area (Å²) in [5.41, 5.74) is 2.22. The second kappa shape index (κ2) is 8.61. The first-order chi connectivity index (χ1) is 15.3. The Morgan fingerprint density at radius 1 is 1.06 bits per heavy atom. The monoisotopic (exact) mass is 417 g/mol. The average molecular weight is 417 g/mol. The molecule has 0 saturated carbocycles. The molecule has 1 saturated heterocycles. The van der Waals surface area contributed by atoms with Crippen molar-refractivity contribution < 1.29 is 13.7 Å². The normalized spacial score (nSPS) is 16.5. The third-order valence-corrected chi connectivity index (χ3v) is 5.26. The van der Waals surface area contributed by atoms with Gasteiger partial charge in [-0.2, -0.15) is 4.98 Å². The maximum Gasteiger partial charge on any atom is 0.262 e. The molecule has 1 fully saturated rings. The maximum absolute atomic E-state index is 13.9. The average Bonchev–Trinajstić information content (AvgIpc) is 3.46. The van der Waals surface area contributed by atoms with Gasteiger partial charge in [0.15, 0.2) is 0 Å². The van der Waals surface area contributed by atoms with Gasteiger partial charge in [0.2, 0.25) is 5.82 Å². The highest BCUT2D eigenvalue weighted by molar-refractivity contribution is 5.65. The van der Waals surface area contributed by atoms with E-state index in [1.807, 2.05) is 36.4 Å². The number of pyridine rings is 2. The Labute approximate surface area is 178 Å². The van der Waals surface area contributed by atoms with E-state index in [9.17, 15) is 4.39 Å². The Morgan fingerprint density at radius 3 is 2.77 bits per heavy atom. The van der Waals surface area contributed by atoms with Crippen molar-refractivity contribution in [2.24, 2.45) is 0 Å². The van der Waals surface area contributed by atoms with Gasteiger partial charge in [-0.15, -0.1) is 0 Å². The summed E-state index contributed by atoms with van der Waals surface area (Å²) in [4.78, 5) is 14.5. The van der Waals surface area contributed by atoms with E-state index in [0.29, 0.717) is 36.1 Å². The molecule has 5 rings (SSSR count). The number of halogens is 1. The Balaban J connectivity index is 1.30. The zero-order valence-electron chi connectivity index (χ0n) is 16.7. The molecule has 1 aliphatic rings. The highest BCUT2D eigenvalue weighted by atomic mass is 19.1. The molecule has 0 N–H and O–H groups in total. The molecule has 1 atom stereocenters. The molecule has 1 aliphatic heterocycles. The van der Waals surface area contributed by atoms with E-state index in [1.54, 1.807) is 24.7 Å². The van der Waals surface area contributed by atoms with Crippen LogP contribution in [0.15, 0.2) is 71.8 Å². The predicted octanol–water partition coefficient (Wildman–Crippen LogP) is 3.99. The fourth-order valence-electron chi connectivity index (χ4n) is 3.69. The van der Waals surface area contributed by atoms with Crippen LogP contribution in [0.3, 0.4) is 0 Å². The zero-order valence-corrected chi connectivity index (χ0v) is 16.7. The summed E-state index contributed by atoms with van der Waals surface area (Å²) in [7, 11) is 0. The van der Waals surface area contributed by atoms with Gasteiger partial charge in [0.25, 0.3) is 5.89 Å². The van der Waals surface area contributed by atoms with Crippen molar-refractivity contribution in [2.45, 2.75) is 19.1 Å². The largest absolute Gasteiger partial charge is 0.488 e. The smallest absolute Gasteiger partial charge is 0.262 e. The van der Waals surface area contributed by atoms with E-state index in [-0.39, 0.29) is 11.9 Å². The zero-order chi connectivity index (χ0) is 21.0. The Bertz CT molecular complexity index is 1170. The van der Waals surface area contributed by atoms with Crippen LogP contribution < -0.4 is 4.74 Å². The van der Waals surface area contributed by atoms with E-state index >= 15 is 0 Å². The van der Waals surface area contributed by atoms with Gasteiger partial charge < -0.3 is 9.26 Å². The Hall–Kier alpha value is -3.65. The lowest BCUT2D eigenvalue weighted by Crippen LogP contribution is -2.25. The standard InChI is InChI=1S/C23H20FN5O2/c24-20-13-26-11-7-17(20)14-29-12-8-18(15-29)30-21-4-2-1-3-19(21)23-27-22(28-31-23)16-5-9-25-10-6-16/h1-7,9-11,13,18H,8,12,14-15H2. The lowest BCUT2D eigenvalue weighted by molar-refractivity contribution is 0.198. The van der Waals surface area contributed by atoms with Crippen molar-refractivity contribution in [1.29, 1.82) is 0 Å². The van der Waals surface area contributed by atoms with Gasteiger partial charge in [0.1, 0.15) is 17.7 Å². The fraction of sp³-hybridized carbons (Fsp3) is 0.217. The van der Waals surface area contributed by atoms with Gasteiger partial charge in [-0.3, -0.25) is 14.9 Å². The summed E-state index contributed by atoms with van der Waals surface area (Å²) < 4.78 is 25.7. The maximum atomic E-state index is 13.9. The lowest BCUT2D eigenvalue weighted by atomic mass is 10.2. The number of nitrogens with zero attached hydrogens (tertiary/aromatic N) is 5. The SMILES string of the molecule is Fc1cnccc1CN1CCC(Oc2ccccc2-c2nc(-c3ccncc3)no2)C1. The van der Waals surface area contributed by atoms with Crippen LogP contribution in [-0.2, 0) is 6.54 Å². The van der Waals surface area contributed by atoms with Gasteiger partial charge >= 0.3 is 0 Å². The van der Waals surface area contributed by atoms with Crippen molar-refractivity contribution >= 4 is 0 Å². The predicted molar refractivity (Wildman–Crippen MR) is 111 cm³/mol. The number of benzene rings is 1. The van der Waals surface area contributed by atoms with Gasteiger partial charge in [0.05, 0.1) is 11.8 Å².